The van der Waals surface area contributed by atoms with Crippen molar-refractivity contribution >= 4 is 0 Å². The molecule has 1 nitrogen and oxygen atoms in total. The molecule has 1 saturated heterocycles. The molecule has 0 atom stereocenters. The molecule has 0 saturated carbocycles. The van der Waals surface area contributed by atoms with E-state index in [4.69, 9.17) is 0 Å². The first kappa shape index (κ1) is 12.6. The van der Waals surface area contributed by atoms with E-state index >= 15 is 0 Å². The molecule has 0 amide bonds. The third-order valence-electron chi connectivity index (χ3n) is 1.33. The zero-order valence-electron chi connectivity index (χ0n) is 7.65. The lowest BCUT2D eigenvalue weighted by Crippen LogP contribution is -2.10. The highest BCUT2D eigenvalue weighted by Crippen LogP contribution is 2.01. The van der Waals surface area contributed by atoms with Crippen molar-refractivity contribution in [3.05, 3.63) is 0 Å². The van der Waals surface area contributed by atoms with E-state index in [9.17, 15) is 4.39 Å². The maximum Gasteiger partial charge on any atom is 0.0785 e. The van der Waals surface area contributed by atoms with Gasteiger partial charge < -0.3 is 4.90 Å². The molecular weight excluding hydrogens is 129 g/mol. The Labute approximate surface area is 64.2 Å². The van der Waals surface area contributed by atoms with Crippen molar-refractivity contribution in [1.82, 2.24) is 4.90 Å². The molecule has 1 fully saturated rings. The molecule has 0 bridgehead atoms. The molecule has 1 rings (SSSR count). The first-order valence-electron chi connectivity index (χ1n) is 3.96. The van der Waals surface area contributed by atoms with Gasteiger partial charge in [0, 0.05) is 0 Å². The van der Waals surface area contributed by atoms with E-state index in [1.807, 2.05) is 13.8 Å². The Morgan fingerprint density at radius 1 is 1.00 bits per heavy atom. The van der Waals surface area contributed by atoms with Crippen LogP contribution in [0, 0.1) is 0 Å². The number of likely N-dealkylation sites (tertiary alicyclic amines) is 1. The van der Waals surface area contributed by atoms with E-state index in [2.05, 4.69) is 11.9 Å². The van der Waals surface area contributed by atoms with Crippen LogP contribution in [0.5, 0.6) is 0 Å². The summed E-state index contributed by atoms with van der Waals surface area (Å²) in [5.74, 6) is 0. The Morgan fingerprint density at radius 3 is 1.40 bits per heavy atom. The molecule has 1 aliphatic rings. The van der Waals surface area contributed by atoms with E-state index in [-0.39, 0.29) is 0 Å². The SMILES string of the molecule is CC.CF.CN1CCCC1. The minimum atomic E-state index is 0.500. The van der Waals surface area contributed by atoms with Crippen LogP contribution in [0.2, 0.25) is 0 Å². The van der Waals surface area contributed by atoms with Gasteiger partial charge in [-0.15, -0.1) is 0 Å². The van der Waals surface area contributed by atoms with Gasteiger partial charge in [-0.25, -0.2) is 0 Å². The predicted molar refractivity (Wildman–Crippen MR) is 45.1 cm³/mol. The number of alkyl halides is 1. The van der Waals surface area contributed by atoms with E-state index in [0.717, 1.165) is 0 Å². The van der Waals surface area contributed by atoms with Crippen molar-refractivity contribution in [2.75, 3.05) is 27.3 Å². The molecular formula is C8H20FN. The molecule has 0 aliphatic carbocycles. The van der Waals surface area contributed by atoms with E-state index in [0.29, 0.717) is 7.18 Å². The first-order valence-corrected chi connectivity index (χ1v) is 3.96. The number of nitrogens with zero attached hydrogens (tertiary/aromatic N) is 1. The van der Waals surface area contributed by atoms with Crippen molar-refractivity contribution < 1.29 is 4.39 Å². The van der Waals surface area contributed by atoms with Crippen LogP contribution in [0.4, 0.5) is 4.39 Å². The summed E-state index contributed by atoms with van der Waals surface area (Å²) in [5, 5.41) is 0. The van der Waals surface area contributed by atoms with Gasteiger partial charge in [0.15, 0.2) is 0 Å². The van der Waals surface area contributed by atoms with E-state index in [1.54, 1.807) is 0 Å². The fraction of sp³-hybridized carbons (Fsp3) is 1.00. The summed E-state index contributed by atoms with van der Waals surface area (Å²) in [6.45, 7) is 6.64. The van der Waals surface area contributed by atoms with Crippen molar-refractivity contribution in [3.8, 4) is 0 Å². The average molecular weight is 149 g/mol. The molecule has 0 radical (unpaired) electrons. The molecule has 0 aromatic heterocycles. The lowest BCUT2D eigenvalue weighted by Gasteiger charge is -2.01. The largest absolute Gasteiger partial charge is 0.306 e. The molecule has 10 heavy (non-hydrogen) atoms. The molecule has 2 heteroatoms. The van der Waals surface area contributed by atoms with Crippen LogP contribution < -0.4 is 0 Å². The third kappa shape index (κ3) is 7.89. The van der Waals surface area contributed by atoms with Crippen molar-refractivity contribution in [3.63, 3.8) is 0 Å². The summed E-state index contributed by atoms with van der Waals surface area (Å²) in [4.78, 5) is 2.36. The molecule has 1 aliphatic heterocycles. The maximum absolute atomic E-state index is 9.50. The van der Waals surface area contributed by atoms with Gasteiger partial charge in [0.05, 0.1) is 7.18 Å². The molecule has 1 heterocycles. The highest BCUT2D eigenvalue weighted by atomic mass is 19.1. The van der Waals surface area contributed by atoms with Gasteiger partial charge >= 0.3 is 0 Å². The summed E-state index contributed by atoms with van der Waals surface area (Å²) in [5.41, 5.74) is 0. The van der Waals surface area contributed by atoms with Crippen LogP contribution in [-0.4, -0.2) is 32.2 Å². The minimum absolute atomic E-state index is 0.500. The Hall–Kier alpha value is -0.110. The van der Waals surface area contributed by atoms with Crippen LogP contribution >= 0.6 is 0 Å². The zero-order valence-corrected chi connectivity index (χ0v) is 7.65. The molecule has 0 N–H and O–H groups in total. The zero-order chi connectivity index (χ0) is 8.41. The van der Waals surface area contributed by atoms with Crippen molar-refractivity contribution in [1.29, 1.82) is 0 Å². The average Bonchev–Trinajstić information content (AvgIpc) is 2.48. The monoisotopic (exact) mass is 149 g/mol. The summed E-state index contributed by atoms with van der Waals surface area (Å²) in [7, 11) is 2.67. The summed E-state index contributed by atoms with van der Waals surface area (Å²) in [6.07, 6.45) is 2.83. The second-order valence-electron chi connectivity index (χ2n) is 2.01. The Kier molecular flexibility index (Phi) is 14.6. The molecule has 0 unspecified atom stereocenters. The van der Waals surface area contributed by atoms with Crippen LogP contribution in [-0.2, 0) is 0 Å². The normalized spacial score (nSPS) is 16.5. The number of hydrogen-bond acceptors (Lipinski definition) is 1. The Bertz CT molecular complexity index is 42.5. The molecule has 64 valence electrons. The van der Waals surface area contributed by atoms with Crippen molar-refractivity contribution in [2.24, 2.45) is 0 Å². The summed E-state index contributed by atoms with van der Waals surface area (Å²) in [6, 6.07) is 0. The van der Waals surface area contributed by atoms with Gasteiger partial charge in [-0.2, -0.15) is 0 Å². The van der Waals surface area contributed by atoms with Crippen LogP contribution in [0.3, 0.4) is 0 Å². The summed E-state index contributed by atoms with van der Waals surface area (Å²) >= 11 is 0. The Morgan fingerprint density at radius 2 is 1.30 bits per heavy atom. The Balaban J connectivity index is 0. The van der Waals surface area contributed by atoms with Crippen LogP contribution in [0.25, 0.3) is 0 Å². The first-order chi connectivity index (χ1) is 4.89. The number of hydrogen-bond donors (Lipinski definition) is 0. The van der Waals surface area contributed by atoms with Crippen LogP contribution in [0.15, 0.2) is 0 Å². The van der Waals surface area contributed by atoms with E-state index in [1.165, 1.54) is 25.9 Å². The fourth-order valence-electron chi connectivity index (χ4n) is 0.875. The smallest absolute Gasteiger partial charge is 0.0785 e. The lowest BCUT2D eigenvalue weighted by atomic mass is 10.4. The minimum Gasteiger partial charge on any atom is -0.306 e. The standard InChI is InChI=1S/C5H11N.C2H6.CH3F/c1-6-4-2-3-5-6;2*1-2/h2-5H2,1H3;1-2H3;1H3. The van der Waals surface area contributed by atoms with Gasteiger partial charge in [0.25, 0.3) is 0 Å². The predicted octanol–water partition coefficient (Wildman–Crippen LogP) is 2.32. The second kappa shape index (κ2) is 11.7. The summed E-state index contributed by atoms with van der Waals surface area (Å²) < 4.78 is 9.50. The van der Waals surface area contributed by atoms with Gasteiger partial charge in [0.2, 0.25) is 0 Å². The highest BCUT2D eigenvalue weighted by molar-refractivity contribution is 4.59. The molecule has 0 aromatic rings. The van der Waals surface area contributed by atoms with E-state index < -0.39 is 0 Å². The maximum atomic E-state index is 9.50. The number of halogens is 1. The lowest BCUT2D eigenvalue weighted by molar-refractivity contribution is 0.418. The molecule has 0 aromatic carbocycles. The van der Waals surface area contributed by atoms with Gasteiger partial charge in [-0.05, 0) is 33.0 Å². The van der Waals surface area contributed by atoms with Gasteiger partial charge in [-0.1, -0.05) is 13.8 Å². The van der Waals surface area contributed by atoms with Gasteiger partial charge in [-0.3, -0.25) is 4.39 Å². The quantitative estimate of drug-likeness (QED) is 0.511. The number of rotatable bonds is 0. The second-order valence-corrected chi connectivity index (χ2v) is 2.01. The van der Waals surface area contributed by atoms with Crippen LogP contribution in [0.1, 0.15) is 26.7 Å². The highest BCUT2D eigenvalue weighted by Gasteiger charge is 2.03. The topological polar surface area (TPSA) is 3.24 Å². The van der Waals surface area contributed by atoms with Crippen molar-refractivity contribution in [2.45, 2.75) is 26.7 Å². The third-order valence-corrected chi connectivity index (χ3v) is 1.33. The fourth-order valence-corrected chi connectivity index (χ4v) is 0.875. The molecule has 0 spiro atoms. The van der Waals surface area contributed by atoms with Gasteiger partial charge in [0.1, 0.15) is 0 Å².